The summed E-state index contributed by atoms with van der Waals surface area (Å²) in [5.41, 5.74) is 2.00. The van der Waals surface area contributed by atoms with Gasteiger partial charge in [0.15, 0.2) is 12.4 Å². The van der Waals surface area contributed by atoms with Gasteiger partial charge in [0.05, 0.1) is 5.56 Å². The molecule has 0 unspecified atom stereocenters. The number of ether oxygens (including phenoxy) is 1. The number of Topliss-reactive ketones (excluding diaryl/α,β-unsaturated/α-hetero) is 1. The lowest BCUT2D eigenvalue weighted by atomic mass is 10.2. The van der Waals surface area contributed by atoms with E-state index in [9.17, 15) is 9.59 Å². The summed E-state index contributed by atoms with van der Waals surface area (Å²) in [7, 11) is 1.86. The Morgan fingerprint density at radius 3 is 2.68 bits per heavy atom. The normalized spacial score (nSPS) is 11.1. The first-order chi connectivity index (χ1) is 12.1. The summed E-state index contributed by atoms with van der Waals surface area (Å²) in [6.07, 6.45) is 1.71. The van der Waals surface area contributed by atoms with E-state index in [1.165, 1.54) is 0 Å². The van der Waals surface area contributed by atoms with Gasteiger partial charge in [-0.15, -0.1) is 0 Å². The van der Waals surface area contributed by atoms with E-state index in [0.29, 0.717) is 11.1 Å². The van der Waals surface area contributed by atoms with E-state index < -0.39 is 5.97 Å². The summed E-state index contributed by atoms with van der Waals surface area (Å²) in [6.45, 7) is -0.359. The average Bonchev–Trinajstić information content (AvgIpc) is 3.21. The maximum absolute atomic E-state index is 12.4. The molecule has 0 fully saturated rings. The summed E-state index contributed by atoms with van der Waals surface area (Å²) in [5, 5.41) is 1.64. The van der Waals surface area contributed by atoms with Crippen molar-refractivity contribution in [1.29, 1.82) is 0 Å². The Morgan fingerprint density at radius 1 is 1.08 bits per heavy atom. The third-order valence-electron chi connectivity index (χ3n) is 4.15. The molecule has 5 heteroatoms. The van der Waals surface area contributed by atoms with E-state index in [4.69, 9.17) is 9.15 Å². The highest BCUT2D eigenvalue weighted by molar-refractivity contribution is 6.06. The summed E-state index contributed by atoms with van der Waals surface area (Å²) in [4.78, 5) is 24.6. The van der Waals surface area contributed by atoms with Gasteiger partial charge in [0.2, 0.25) is 5.78 Å². The second-order valence-corrected chi connectivity index (χ2v) is 5.82. The van der Waals surface area contributed by atoms with E-state index >= 15 is 0 Å². The second kappa shape index (κ2) is 5.94. The SMILES string of the molecule is Cn1cc(C(=O)OCC(=O)c2cc3ccccc3o2)c2ccccc21. The summed E-state index contributed by atoms with van der Waals surface area (Å²) < 4.78 is 12.6. The van der Waals surface area contributed by atoms with Gasteiger partial charge in [-0.2, -0.15) is 0 Å². The number of furan rings is 1. The van der Waals surface area contributed by atoms with Crippen LogP contribution in [-0.2, 0) is 11.8 Å². The van der Waals surface area contributed by atoms with Gasteiger partial charge < -0.3 is 13.7 Å². The second-order valence-electron chi connectivity index (χ2n) is 5.82. The number of nitrogens with zero attached hydrogens (tertiary/aromatic N) is 1. The Bertz CT molecular complexity index is 1070. The first-order valence-electron chi connectivity index (χ1n) is 7.86. The lowest BCUT2D eigenvalue weighted by molar-refractivity contribution is 0.0470. The van der Waals surface area contributed by atoms with E-state index in [1.807, 2.05) is 54.1 Å². The molecule has 0 aliphatic rings. The molecule has 2 aromatic heterocycles. The van der Waals surface area contributed by atoms with Crippen molar-refractivity contribution in [3.63, 3.8) is 0 Å². The van der Waals surface area contributed by atoms with Crippen LogP contribution in [0, 0.1) is 0 Å². The number of aryl methyl sites for hydroxylation is 1. The Morgan fingerprint density at radius 2 is 1.84 bits per heavy atom. The van der Waals surface area contributed by atoms with Crippen LogP contribution in [0.2, 0.25) is 0 Å². The van der Waals surface area contributed by atoms with Gasteiger partial charge in [0.25, 0.3) is 0 Å². The largest absolute Gasteiger partial charge is 0.453 e. The number of hydrogen-bond acceptors (Lipinski definition) is 4. The standard InChI is InChI=1S/C20H15NO4/c1-21-11-15(14-7-3-4-8-16(14)21)20(23)24-12-17(22)19-10-13-6-2-5-9-18(13)25-19/h2-11H,12H2,1H3. The summed E-state index contributed by atoms with van der Waals surface area (Å²) >= 11 is 0. The Balaban J connectivity index is 1.52. The fourth-order valence-electron chi connectivity index (χ4n) is 2.90. The van der Waals surface area contributed by atoms with Crippen LogP contribution in [0.4, 0.5) is 0 Å². The van der Waals surface area contributed by atoms with E-state index in [0.717, 1.165) is 16.3 Å². The highest BCUT2D eigenvalue weighted by Gasteiger charge is 2.18. The number of benzene rings is 2. The van der Waals surface area contributed by atoms with Crippen LogP contribution in [0.3, 0.4) is 0 Å². The van der Waals surface area contributed by atoms with Crippen molar-refractivity contribution < 1.29 is 18.7 Å². The lowest BCUT2D eigenvalue weighted by Gasteiger charge is -2.02. The van der Waals surface area contributed by atoms with Gasteiger partial charge in [-0.25, -0.2) is 4.79 Å². The zero-order valence-corrected chi connectivity index (χ0v) is 13.6. The van der Waals surface area contributed by atoms with E-state index in [1.54, 1.807) is 18.3 Å². The van der Waals surface area contributed by atoms with E-state index in [2.05, 4.69) is 0 Å². The first-order valence-corrected chi connectivity index (χ1v) is 7.86. The first kappa shape index (κ1) is 15.2. The number of carbonyl (C=O) groups is 2. The maximum Gasteiger partial charge on any atom is 0.340 e. The number of aromatic nitrogens is 1. The molecular formula is C20H15NO4. The topological polar surface area (TPSA) is 61.4 Å². The molecule has 0 saturated carbocycles. The van der Waals surface area contributed by atoms with Crippen molar-refractivity contribution in [3.05, 3.63) is 72.1 Å². The number of rotatable bonds is 4. The Kier molecular flexibility index (Phi) is 3.61. The van der Waals surface area contributed by atoms with Crippen LogP contribution in [0.5, 0.6) is 0 Å². The number of esters is 1. The predicted octanol–water partition coefficient (Wildman–Crippen LogP) is 3.96. The molecule has 124 valence electrons. The molecule has 0 aliphatic heterocycles. The molecule has 5 nitrogen and oxygen atoms in total. The van der Waals surface area contributed by atoms with Gasteiger partial charge in [0.1, 0.15) is 5.58 Å². The molecule has 2 heterocycles. The minimum Gasteiger partial charge on any atom is -0.453 e. The van der Waals surface area contributed by atoms with Crippen molar-refractivity contribution in [3.8, 4) is 0 Å². The molecule has 25 heavy (non-hydrogen) atoms. The smallest absolute Gasteiger partial charge is 0.340 e. The number of hydrogen-bond donors (Lipinski definition) is 0. The maximum atomic E-state index is 12.4. The van der Waals surface area contributed by atoms with Crippen LogP contribution < -0.4 is 0 Å². The van der Waals surface area contributed by atoms with Gasteiger partial charge in [-0.1, -0.05) is 36.4 Å². The Labute approximate surface area is 143 Å². The molecule has 4 aromatic rings. The molecule has 0 N–H and O–H groups in total. The molecule has 2 aromatic carbocycles. The van der Waals surface area contributed by atoms with Crippen molar-refractivity contribution in [1.82, 2.24) is 4.57 Å². The molecule has 0 amide bonds. The zero-order valence-electron chi connectivity index (χ0n) is 13.6. The monoisotopic (exact) mass is 333 g/mol. The van der Waals surface area contributed by atoms with Gasteiger partial charge in [-0.3, -0.25) is 4.79 Å². The summed E-state index contributed by atoms with van der Waals surface area (Å²) in [5.74, 6) is -0.710. The van der Waals surface area contributed by atoms with Gasteiger partial charge in [0, 0.05) is 29.5 Å². The van der Waals surface area contributed by atoms with Gasteiger partial charge in [-0.05, 0) is 18.2 Å². The number of fused-ring (bicyclic) bond motifs is 2. The third kappa shape index (κ3) is 2.70. The van der Waals surface area contributed by atoms with Crippen molar-refractivity contribution in [2.75, 3.05) is 6.61 Å². The molecule has 0 spiro atoms. The van der Waals surface area contributed by atoms with Gasteiger partial charge >= 0.3 is 5.97 Å². The fourth-order valence-corrected chi connectivity index (χ4v) is 2.90. The minimum absolute atomic E-state index is 0.187. The lowest BCUT2D eigenvalue weighted by Crippen LogP contribution is -2.13. The fraction of sp³-hybridized carbons (Fsp3) is 0.100. The zero-order chi connectivity index (χ0) is 17.4. The molecule has 0 aliphatic carbocycles. The van der Waals surface area contributed by atoms with Crippen LogP contribution in [0.1, 0.15) is 20.9 Å². The quantitative estimate of drug-likeness (QED) is 0.419. The average molecular weight is 333 g/mol. The molecule has 0 atom stereocenters. The molecule has 4 rings (SSSR count). The van der Waals surface area contributed by atoms with Crippen LogP contribution in [0.25, 0.3) is 21.9 Å². The number of para-hydroxylation sites is 2. The molecule has 0 bridgehead atoms. The summed E-state index contributed by atoms with van der Waals surface area (Å²) in [6, 6.07) is 16.5. The minimum atomic E-state index is -0.527. The molecule has 0 radical (unpaired) electrons. The third-order valence-corrected chi connectivity index (χ3v) is 4.15. The molecule has 0 saturated heterocycles. The Hall–Kier alpha value is -3.34. The highest BCUT2D eigenvalue weighted by atomic mass is 16.5. The predicted molar refractivity (Wildman–Crippen MR) is 93.7 cm³/mol. The van der Waals surface area contributed by atoms with Crippen LogP contribution in [-0.4, -0.2) is 22.9 Å². The van der Waals surface area contributed by atoms with Crippen molar-refractivity contribution in [2.24, 2.45) is 7.05 Å². The van der Waals surface area contributed by atoms with Crippen LogP contribution in [0.15, 0.2) is 65.2 Å². The highest BCUT2D eigenvalue weighted by Crippen LogP contribution is 2.22. The van der Waals surface area contributed by atoms with Crippen LogP contribution >= 0.6 is 0 Å². The number of carbonyl (C=O) groups excluding carboxylic acids is 2. The van der Waals surface area contributed by atoms with E-state index in [-0.39, 0.29) is 18.2 Å². The van der Waals surface area contributed by atoms with Crippen molar-refractivity contribution >= 4 is 33.6 Å². The van der Waals surface area contributed by atoms with Crippen molar-refractivity contribution in [2.45, 2.75) is 0 Å². The number of ketones is 1. The molecular weight excluding hydrogens is 318 g/mol.